The molecule has 4 nitrogen and oxygen atoms in total. The Morgan fingerprint density at radius 3 is 2.05 bits per heavy atom. The summed E-state index contributed by atoms with van der Waals surface area (Å²) >= 11 is 0. The first kappa shape index (κ1) is 29.3. The van der Waals surface area contributed by atoms with Crippen molar-refractivity contribution in [2.75, 3.05) is 5.32 Å². The molecular formula is C35H41FN2O2. The van der Waals surface area contributed by atoms with Crippen LogP contribution in [0.1, 0.15) is 81.8 Å². The third-order valence-electron chi connectivity index (χ3n) is 7.21. The number of hydrogen-bond acceptors (Lipinski definition) is 2. The van der Waals surface area contributed by atoms with Crippen molar-refractivity contribution in [2.24, 2.45) is 0 Å². The van der Waals surface area contributed by atoms with Crippen LogP contribution in [-0.2, 0) is 6.54 Å². The molecule has 0 spiro atoms. The molecule has 0 saturated heterocycles. The zero-order valence-electron chi connectivity index (χ0n) is 24.1. The molecule has 0 atom stereocenters. The Labute approximate surface area is 237 Å². The van der Waals surface area contributed by atoms with Gasteiger partial charge in [-0.2, -0.15) is 0 Å². The molecule has 0 unspecified atom stereocenters. The number of rotatable bonds is 12. The first-order valence-electron chi connectivity index (χ1n) is 14.3. The number of anilines is 1. The van der Waals surface area contributed by atoms with Crippen LogP contribution in [0.15, 0.2) is 84.9 Å². The molecule has 0 saturated carbocycles. The number of carbonyl (C=O) groups is 1. The van der Waals surface area contributed by atoms with Crippen LogP contribution in [0.4, 0.5) is 10.1 Å². The van der Waals surface area contributed by atoms with E-state index in [9.17, 15) is 14.3 Å². The van der Waals surface area contributed by atoms with Crippen molar-refractivity contribution in [2.45, 2.75) is 77.9 Å². The van der Waals surface area contributed by atoms with Gasteiger partial charge in [0, 0.05) is 23.5 Å². The number of hydrogen-bond donors (Lipinski definition) is 2. The van der Waals surface area contributed by atoms with E-state index in [2.05, 4.69) is 23.7 Å². The van der Waals surface area contributed by atoms with Gasteiger partial charge in [-0.15, -0.1) is 0 Å². The van der Waals surface area contributed by atoms with Gasteiger partial charge < -0.3 is 15.0 Å². The number of amides is 1. The summed E-state index contributed by atoms with van der Waals surface area (Å²) in [4.78, 5) is 14.1. The molecular weight excluding hydrogens is 499 g/mol. The van der Waals surface area contributed by atoms with Gasteiger partial charge in [-0.1, -0.05) is 81.6 Å². The van der Waals surface area contributed by atoms with Crippen molar-refractivity contribution in [3.05, 3.63) is 102 Å². The Morgan fingerprint density at radius 1 is 0.850 bits per heavy atom. The summed E-state index contributed by atoms with van der Waals surface area (Å²) in [5, 5.41) is 13.2. The minimum atomic E-state index is -0.646. The second-order valence-corrected chi connectivity index (χ2v) is 11.5. The first-order chi connectivity index (χ1) is 19.2. The zero-order chi connectivity index (χ0) is 28.7. The predicted octanol–water partition coefficient (Wildman–Crippen LogP) is 9.06. The van der Waals surface area contributed by atoms with Gasteiger partial charge in [-0.3, -0.25) is 4.79 Å². The van der Waals surface area contributed by atoms with Gasteiger partial charge in [0.25, 0.3) is 5.91 Å². The van der Waals surface area contributed by atoms with E-state index in [-0.39, 0.29) is 17.6 Å². The highest BCUT2D eigenvalue weighted by Crippen LogP contribution is 2.42. The molecule has 5 heteroatoms. The first-order valence-corrected chi connectivity index (χ1v) is 14.3. The minimum Gasteiger partial charge on any atom is -0.390 e. The molecule has 210 valence electrons. The van der Waals surface area contributed by atoms with E-state index in [1.165, 1.54) is 12.1 Å². The number of nitrogens with one attached hydrogen (secondary N) is 1. The molecule has 0 aliphatic rings. The number of nitrogens with zero attached hydrogens (tertiary/aromatic N) is 1. The molecule has 0 aliphatic heterocycles. The van der Waals surface area contributed by atoms with Gasteiger partial charge in [0.15, 0.2) is 0 Å². The van der Waals surface area contributed by atoms with Crippen LogP contribution >= 0.6 is 0 Å². The highest BCUT2D eigenvalue weighted by atomic mass is 19.1. The average Bonchev–Trinajstić information content (AvgIpc) is 3.27. The lowest BCUT2D eigenvalue weighted by Crippen LogP contribution is -2.17. The largest absolute Gasteiger partial charge is 0.390 e. The Kier molecular flexibility index (Phi) is 9.59. The van der Waals surface area contributed by atoms with Crippen LogP contribution in [0, 0.1) is 5.82 Å². The van der Waals surface area contributed by atoms with Crippen LogP contribution in [0.25, 0.3) is 22.4 Å². The Hall–Kier alpha value is -3.70. The van der Waals surface area contributed by atoms with Crippen molar-refractivity contribution in [3.8, 4) is 22.4 Å². The lowest BCUT2D eigenvalue weighted by atomic mass is 9.94. The fraction of sp³-hybridized carbons (Fsp3) is 0.343. The SMILES string of the molecule is CC(C)c1c(C(=O)Nc2ccccc2)c(-c2ccccc2)c(-c2ccc(F)cc2)n1CCCCCCC(C)(C)O. The van der Waals surface area contributed by atoms with Gasteiger partial charge in [-0.05, 0) is 80.1 Å². The van der Waals surface area contributed by atoms with Crippen LogP contribution < -0.4 is 5.32 Å². The highest BCUT2D eigenvalue weighted by molar-refractivity contribution is 6.12. The van der Waals surface area contributed by atoms with E-state index in [0.717, 1.165) is 72.4 Å². The summed E-state index contributed by atoms with van der Waals surface area (Å²) in [6, 6.07) is 26.1. The summed E-state index contributed by atoms with van der Waals surface area (Å²) in [6.45, 7) is 8.68. The maximum atomic E-state index is 14.1. The number of unbranched alkanes of at least 4 members (excludes halogenated alkanes) is 3. The number of para-hydroxylation sites is 1. The fourth-order valence-corrected chi connectivity index (χ4v) is 5.39. The van der Waals surface area contributed by atoms with Crippen LogP contribution in [0.3, 0.4) is 0 Å². The van der Waals surface area contributed by atoms with Crippen molar-refractivity contribution < 1.29 is 14.3 Å². The molecule has 0 fully saturated rings. The predicted molar refractivity (Wildman–Crippen MR) is 163 cm³/mol. The molecule has 0 bridgehead atoms. The van der Waals surface area contributed by atoms with Crippen molar-refractivity contribution in [1.29, 1.82) is 0 Å². The molecule has 2 N–H and O–H groups in total. The maximum absolute atomic E-state index is 14.1. The zero-order valence-corrected chi connectivity index (χ0v) is 24.1. The van der Waals surface area contributed by atoms with Crippen LogP contribution in [0.2, 0.25) is 0 Å². The molecule has 40 heavy (non-hydrogen) atoms. The normalized spacial score (nSPS) is 11.7. The van der Waals surface area contributed by atoms with Gasteiger partial charge in [0.1, 0.15) is 5.82 Å². The Bertz CT molecular complexity index is 1390. The fourth-order valence-electron chi connectivity index (χ4n) is 5.39. The Balaban J connectivity index is 1.84. The molecule has 0 radical (unpaired) electrons. The van der Waals surface area contributed by atoms with E-state index in [1.54, 1.807) is 12.1 Å². The number of halogens is 1. The van der Waals surface area contributed by atoms with Gasteiger partial charge >= 0.3 is 0 Å². The molecule has 4 rings (SSSR count). The summed E-state index contributed by atoms with van der Waals surface area (Å²) in [5.41, 5.74) is 5.36. The number of benzene rings is 3. The van der Waals surface area contributed by atoms with Crippen molar-refractivity contribution in [1.82, 2.24) is 4.57 Å². The lowest BCUT2D eigenvalue weighted by molar-refractivity contribution is 0.0680. The monoisotopic (exact) mass is 540 g/mol. The molecule has 0 aliphatic carbocycles. The second-order valence-electron chi connectivity index (χ2n) is 11.5. The quantitative estimate of drug-likeness (QED) is 0.176. The van der Waals surface area contributed by atoms with Crippen LogP contribution in [-0.4, -0.2) is 21.2 Å². The third kappa shape index (κ3) is 7.28. The maximum Gasteiger partial charge on any atom is 0.258 e. The second kappa shape index (κ2) is 13.1. The summed E-state index contributed by atoms with van der Waals surface area (Å²) in [7, 11) is 0. The van der Waals surface area contributed by atoms with E-state index in [4.69, 9.17) is 0 Å². The summed E-state index contributed by atoms with van der Waals surface area (Å²) in [5.74, 6) is -0.370. The third-order valence-corrected chi connectivity index (χ3v) is 7.21. The molecule has 4 aromatic rings. The number of aromatic nitrogens is 1. The van der Waals surface area contributed by atoms with Gasteiger partial charge in [0.2, 0.25) is 0 Å². The average molecular weight is 541 g/mol. The standard InChI is InChI=1S/C35H41FN2O2/c1-25(2)32-31(34(39)37-29-17-11-8-12-18-29)30(26-15-9-7-10-16-26)33(27-19-21-28(36)22-20-27)38(32)24-14-6-5-13-23-35(3,4)40/h7-12,15-22,25,40H,5-6,13-14,23-24H2,1-4H3,(H,37,39). The Morgan fingerprint density at radius 2 is 1.45 bits per heavy atom. The van der Waals surface area contributed by atoms with E-state index in [1.807, 2.05) is 74.5 Å². The number of carbonyl (C=O) groups excluding carboxylic acids is 1. The number of aliphatic hydroxyl groups is 1. The topological polar surface area (TPSA) is 54.3 Å². The summed E-state index contributed by atoms with van der Waals surface area (Å²) < 4.78 is 16.3. The lowest BCUT2D eigenvalue weighted by Gasteiger charge is -2.18. The van der Waals surface area contributed by atoms with Crippen LogP contribution in [0.5, 0.6) is 0 Å². The molecule has 1 heterocycles. The van der Waals surface area contributed by atoms with Crippen molar-refractivity contribution >= 4 is 11.6 Å². The van der Waals surface area contributed by atoms with Gasteiger partial charge in [0.05, 0.1) is 16.9 Å². The minimum absolute atomic E-state index is 0.0726. The molecule has 1 aromatic heterocycles. The van der Waals surface area contributed by atoms with Crippen molar-refractivity contribution in [3.63, 3.8) is 0 Å². The smallest absolute Gasteiger partial charge is 0.258 e. The van der Waals surface area contributed by atoms with E-state index in [0.29, 0.717) is 5.56 Å². The highest BCUT2D eigenvalue weighted by Gasteiger charge is 2.30. The van der Waals surface area contributed by atoms with E-state index >= 15 is 0 Å². The van der Waals surface area contributed by atoms with E-state index < -0.39 is 5.60 Å². The van der Waals surface area contributed by atoms with Gasteiger partial charge in [-0.25, -0.2) is 4.39 Å². The molecule has 1 amide bonds. The molecule has 3 aromatic carbocycles. The summed E-state index contributed by atoms with van der Waals surface area (Å²) in [6.07, 6.45) is 4.72.